The topological polar surface area (TPSA) is 44.4 Å². The van der Waals surface area contributed by atoms with E-state index in [1.807, 2.05) is 36.4 Å². The van der Waals surface area contributed by atoms with Crippen molar-refractivity contribution < 1.29 is 4.79 Å². The second kappa shape index (κ2) is 9.65. The first-order chi connectivity index (χ1) is 13.1. The smallest absolute Gasteiger partial charge is 0.239 e. The summed E-state index contributed by atoms with van der Waals surface area (Å²) in [7, 11) is 0. The maximum Gasteiger partial charge on any atom is 0.239 e. The maximum absolute atomic E-state index is 12.0. The highest BCUT2D eigenvalue weighted by Crippen LogP contribution is 2.24. The fraction of sp³-hybridized carbons (Fsp3) is 0.409. The Labute approximate surface area is 166 Å². The SMILES string of the molecule is CC1CCN(c2ccc(NCC(=O)NCCc3cccc(Cl)c3)cc2)CC1. The Kier molecular flexibility index (Phi) is 6.99. The van der Waals surface area contributed by atoms with Crippen LogP contribution in [0.25, 0.3) is 0 Å². The van der Waals surface area contributed by atoms with Gasteiger partial charge in [0.05, 0.1) is 6.54 Å². The molecular formula is C22H28ClN3O. The summed E-state index contributed by atoms with van der Waals surface area (Å²) in [5.74, 6) is 0.825. The largest absolute Gasteiger partial charge is 0.376 e. The third-order valence-electron chi connectivity index (χ3n) is 5.09. The van der Waals surface area contributed by atoms with Crippen LogP contribution < -0.4 is 15.5 Å². The van der Waals surface area contributed by atoms with Gasteiger partial charge in [-0.05, 0) is 67.1 Å². The van der Waals surface area contributed by atoms with Crippen molar-refractivity contribution in [2.45, 2.75) is 26.2 Å². The van der Waals surface area contributed by atoms with Gasteiger partial charge < -0.3 is 15.5 Å². The van der Waals surface area contributed by atoms with E-state index in [4.69, 9.17) is 11.6 Å². The van der Waals surface area contributed by atoms with Gasteiger partial charge in [-0.25, -0.2) is 0 Å². The first-order valence-corrected chi connectivity index (χ1v) is 10.1. The number of piperidine rings is 1. The second-order valence-electron chi connectivity index (χ2n) is 7.30. The molecule has 0 spiro atoms. The van der Waals surface area contributed by atoms with Crippen LogP contribution >= 0.6 is 11.6 Å². The molecule has 0 aromatic heterocycles. The van der Waals surface area contributed by atoms with Crippen LogP contribution in [0.4, 0.5) is 11.4 Å². The molecule has 5 heteroatoms. The van der Waals surface area contributed by atoms with Gasteiger partial charge in [0.25, 0.3) is 0 Å². The van der Waals surface area contributed by atoms with Crippen molar-refractivity contribution in [3.05, 3.63) is 59.1 Å². The van der Waals surface area contributed by atoms with Crippen LogP contribution in [-0.4, -0.2) is 32.1 Å². The lowest BCUT2D eigenvalue weighted by Crippen LogP contribution is -2.32. The standard InChI is InChI=1S/C22H28ClN3O/c1-17-10-13-26(14-11-17)21-7-5-20(6-8-21)25-16-22(27)24-12-9-18-3-2-4-19(23)15-18/h2-8,15,17,25H,9-14,16H2,1H3,(H,24,27). The fourth-order valence-electron chi connectivity index (χ4n) is 3.34. The van der Waals surface area contributed by atoms with Gasteiger partial charge in [-0.1, -0.05) is 30.7 Å². The highest BCUT2D eigenvalue weighted by molar-refractivity contribution is 6.30. The Morgan fingerprint density at radius 2 is 1.89 bits per heavy atom. The molecule has 2 aromatic carbocycles. The number of amides is 1. The van der Waals surface area contributed by atoms with E-state index in [-0.39, 0.29) is 12.5 Å². The Morgan fingerprint density at radius 3 is 2.59 bits per heavy atom. The third-order valence-corrected chi connectivity index (χ3v) is 5.33. The van der Waals surface area contributed by atoms with Crippen LogP contribution in [0.5, 0.6) is 0 Å². The molecular weight excluding hydrogens is 358 g/mol. The van der Waals surface area contributed by atoms with Crippen LogP contribution in [0.3, 0.4) is 0 Å². The quantitative estimate of drug-likeness (QED) is 0.744. The van der Waals surface area contributed by atoms with Crippen LogP contribution in [0.15, 0.2) is 48.5 Å². The minimum absolute atomic E-state index is 0.00822. The summed E-state index contributed by atoms with van der Waals surface area (Å²) in [6.07, 6.45) is 3.29. The molecule has 1 saturated heterocycles. The summed E-state index contributed by atoms with van der Waals surface area (Å²) < 4.78 is 0. The number of halogens is 1. The van der Waals surface area contributed by atoms with E-state index in [0.717, 1.165) is 41.7 Å². The normalized spacial score (nSPS) is 14.8. The number of hydrogen-bond acceptors (Lipinski definition) is 3. The molecule has 0 atom stereocenters. The number of anilines is 2. The molecule has 0 unspecified atom stereocenters. The molecule has 2 aromatic rings. The number of nitrogens with one attached hydrogen (secondary N) is 2. The molecule has 2 N–H and O–H groups in total. The van der Waals surface area contributed by atoms with Gasteiger partial charge >= 0.3 is 0 Å². The van der Waals surface area contributed by atoms with E-state index in [0.29, 0.717) is 6.54 Å². The summed E-state index contributed by atoms with van der Waals surface area (Å²) in [6.45, 7) is 5.46. The lowest BCUT2D eigenvalue weighted by atomic mass is 9.99. The monoisotopic (exact) mass is 385 g/mol. The Hall–Kier alpha value is -2.20. The Balaban J connectivity index is 1.38. The van der Waals surface area contributed by atoms with Crippen molar-refractivity contribution in [3.8, 4) is 0 Å². The highest BCUT2D eigenvalue weighted by Gasteiger charge is 2.15. The second-order valence-corrected chi connectivity index (χ2v) is 7.74. The Morgan fingerprint density at radius 1 is 1.15 bits per heavy atom. The average molecular weight is 386 g/mol. The van der Waals surface area contributed by atoms with Gasteiger partial charge in [0, 0.05) is 36.0 Å². The molecule has 27 heavy (non-hydrogen) atoms. The highest BCUT2D eigenvalue weighted by atomic mass is 35.5. The van der Waals surface area contributed by atoms with Crippen molar-refractivity contribution in [1.82, 2.24) is 5.32 Å². The van der Waals surface area contributed by atoms with Crippen LogP contribution in [0.1, 0.15) is 25.3 Å². The summed E-state index contributed by atoms with van der Waals surface area (Å²) in [5, 5.41) is 6.85. The van der Waals surface area contributed by atoms with Crippen molar-refractivity contribution >= 4 is 28.9 Å². The van der Waals surface area contributed by atoms with E-state index < -0.39 is 0 Å². The predicted octanol–water partition coefficient (Wildman–Crippen LogP) is 4.35. The van der Waals surface area contributed by atoms with Crippen LogP contribution in [-0.2, 0) is 11.2 Å². The number of nitrogens with zero attached hydrogens (tertiary/aromatic N) is 1. The van der Waals surface area contributed by atoms with Gasteiger partial charge in [-0.3, -0.25) is 4.79 Å². The zero-order valence-electron chi connectivity index (χ0n) is 15.9. The zero-order valence-corrected chi connectivity index (χ0v) is 16.6. The number of benzene rings is 2. The number of carbonyl (C=O) groups excluding carboxylic acids is 1. The molecule has 4 nitrogen and oxygen atoms in total. The summed E-state index contributed by atoms with van der Waals surface area (Å²) >= 11 is 5.97. The average Bonchev–Trinajstić information content (AvgIpc) is 2.68. The van der Waals surface area contributed by atoms with Gasteiger partial charge in [0.1, 0.15) is 0 Å². The van der Waals surface area contributed by atoms with E-state index >= 15 is 0 Å². The van der Waals surface area contributed by atoms with E-state index in [1.165, 1.54) is 18.5 Å². The molecule has 1 fully saturated rings. The third kappa shape index (κ3) is 6.17. The molecule has 144 valence electrons. The molecule has 3 rings (SSSR count). The van der Waals surface area contributed by atoms with E-state index in [1.54, 1.807) is 0 Å². The van der Waals surface area contributed by atoms with Crippen molar-refractivity contribution in [2.75, 3.05) is 36.4 Å². The minimum Gasteiger partial charge on any atom is -0.376 e. The lowest BCUT2D eigenvalue weighted by Gasteiger charge is -2.32. The Bertz CT molecular complexity index is 739. The van der Waals surface area contributed by atoms with E-state index in [2.05, 4.69) is 34.6 Å². The lowest BCUT2D eigenvalue weighted by molar-refractivity contribution is -0.119. The molecule has 1 aliphatic rings. The fourth-order valence-corrected chi connectivity index (χ4v) is 3.55. The van der Waals surface area contributed by atoms with Gasteiger partial charge in [-0.2, -0.15) is 0 Å². The summed E-state index contributed by atoms with van der Waals surface area (Å²) in [6, 6.07) is 16.1. The minimum atomic E-state index is -0.00822. The molecule has 1 amide bonds. The van der Waals surface area contributed by atoms with Crippen LogP contribution in [0, 0.1) is 5.92 Å². The van der Waals surface area contributed by atoms with Crippen molar-refractivity contribution in [2.24, 2.45) is 5.92 Å². The molecule has 0 bridgehead atoms. The first-order valence-electron chi connectivity index (χ1n) is 9.70. The first kappa shape index (κ1) is 19.6. The number of carbonyl (C=O) groups is 1. The molecule has 0 radical (unpaired) electrons. The zero-order chi connectivity index (χ0) is 19.1. The van der Waals surface area contributed by atoms with Crippen molar-refractivity contribution in [1.29, 1.82) is 0 Å². The maximum atomic E-state index is 12.0. The molecule has 1 heterocycles. The van der Waals surface area contributed by atoms with E-state index in [9.17, 15) is 4.79 Å². The summed E-state index contributed by atoms with van der Waals surface area (Å²) in [5.41, 5.74) is 3.35. The number of rotatable bonds is 7. The van der Waals surface area contributed by atoms with Gasteiger partial charge in [0.15, 0.2) is 0 Å². The van der Waals surface area contributed by atoms with Crippen molar-refractivity contribution in [3.63, 3.8) is 0 Å². The predicted molar refractivity (Wildman–Crippen MR) is 114 cm³/mol. The molecule has 0 saturated carbocycles. The number of hydrogen-bond donors (Lipinski definition) is 2. The molecule has 1 aliphatic heterocycles. The molecule has 0 aliphatic carbocycles. The summed E-state index contributed by atoms with van der Waals surface area (Å²) in [4.78, 5) is 14.4. The van der Waals surface area contributed by atoms with Gasteiger partial charge in [-0.15, -0.1) is 0 Å². The van der Waals surface area contributed by atoms with Gasteiger partial charge in [0.2, 0.25) is 5.91 Å². The van der Waals surface area contributed by atoms with Crippen LogP contribution in [0.2, 0.25) is 5.02 Å².